The molecule has 0 atom stereocenters. The first kappa shape index (κ1) is 14.3. The summed E-state index contributed by atoms with van der Waals surface area (Å²) in [6.07, 6.45) is -4.60. The molecule has 8 heteroatoms. The number of para-hydroxylation sites is 1. The van der Waals surface area contributed by atoms with Crippen molar-refractivity contribution >= 4 is 29.2 Å². The number of rotatable bonds is 2. The molecule has 4 nitrogen and oxygen atoms in total. The van der Waals surface area contributed by atoms with Gasteiger partial charge in [0.15, 0.2) is 0 Å². The van der Waals surface area contributed by atoms with Crippen LogP contribution in [0.4, 0.5) is 23.7 Å². The van der Waals surface area contributed by atoms with Gasteiger partial charge in [-0.3, -0.25) is 10.1 Å². The summed E-state index contributed by atoms with van der Waals surface area (Å²) in [7, 11) is 0. The van der Waals surface area contributed by atoms with Crippen molar-refractivity contribution < 1.29 is 22.8 Å². The van der Waals surface area contributed by atoms with Crippen molar-refractivity contribution in [1.29, 1.82) is 0 Å². The molecule has 1 aromatic rings. The third-order valence-corrected chi connectivity index (χ3v) is 2.10. The summed E-state index contributed by atoms with van der Waals surface area (Å²) in [4.78, 5) is 22.0. The van der Waals surface area contributed by atoms with Gasteiger partial charge < -0.3 is 5.32 Å². The number of hydrogen-bond donors (Lipinski definition) is 2. The van der Waals surface area contributed by atoms with E-state index in [-0.39, 0.29) is 0 Å². The zero-order chi connectivity index (χ0) is 13.8. The highest BCUT2D eigenvalue weighted by Gasteiger charge is 2.33. The summed E-state index contributed by atoms with van der Waals surface area (Å²) in [5, 5.41) is 3.70. The van der Waals surface area contributed by atoms with Gasteiger partial charge in [0.25, 0.3) is 0 Å². The Morgan fingerprint density at radius 3 is 2.39 bits per heavy atom. The molecule has 0 saturated heterocycles. The quantitative estimate of drug-likeness (QED) is 0.818. The summed E-state index contributed by atoms with van der Waals surface area (Å²) in [6.45, 7) is 0. The monoisotopic (exact) mass is 280 g/mol. The molecule has 0 unspecified atom stereocenters. The molecule has 0 aliphatic carbocycles. The van der Waals surface area contributed by atoms with Crippen LogP contribution in [-0.2, 0) is 11.0 Å². The standard InChI is InChI=1S/C10H8ClF3N2O2/c11-5-8(17)16-9(18)15-7-4-2-1-3-6(7)10(12,13)14/h1-4H,5H2,(H2,15,16,17,18). The minimum Gasteiger partial charge on any atom is -0.307 e. The van der Waals surface area contributed by atoms with E-state index in [1.54, 1.807) is 5.32 Å². The molecule has 0 aliphatic rings. The fourth-order valence-corrected chi connectivity index (χ4v) is 1.22. The molecule has 0 radical (unpaired) electrons. The third-order valence-electron chi connectivity index (χ3n) is 1.85. The van der Waals surface area contributed by atoms with E-state index >= 15 is 0 Å². The molecule has 2 N–H and O–H groups in total. The Hall–Kier alpha value is -1.76. The van der Waals surface area contributed by atoms with Gasteiger partial charge in [-0.15, -0.1) is 11.6 Å². The third kappa shape index (κ3) is 3.92. The van der Waals surface area contributed by atoms with E-state index in [2.05, 4.69) is 0 Å². The summed E-state index contributed by atoms with van der Waals surface area (Å²) < 4.78 is 37.7. The molecule has 3 amide bonds. The molecule has 1 rings (SSSR count). The van der Waals surface area contributed by atoms with Gasteiger partial charge in [-0.25, -0.2) is 4.79 Å². The first-order valence-corrected chi connectivity index (χ1v) is 5.21. The van der Waals surface area contributed by atoms with Crippen molar-refractivity contribution in [2.24, 2.45) is 0 Å². The smallest absolute Gasteiger partial charge is 0.307 e. The number of halogens is 4. The molecular weight excluding hydrogens is 273 g/mol. The second-order valence-electron chi connectivity index (χ2n) is 3.18. The van der Waals surface area contributed by atoms with Crippen LogP contribution in [0.5, 0.6) is 0 Å². The number of carbonyl (C=O) groups excluding carboxylic acids is 2. The second kappa shape index (κ2) is 5.72. The van der Waals surface area contributed by atoms with Crippen LogP contribution in [0.2, 0.25) is 0 Å². The molecule has 0 aromatic heterocycles. The van der Waals surface area contributed by atoms with Crippen LogP contribution in [-0.4, -0.2) is 17.8 Å². The Labute approximate surface area is 105 Å². The average molecular weight is 281 g/mol. The lowest BCUT2D eigenvalue weighted by molar-refractivity contribution is -0.136. The van der Waals surface area contributed by atoms with Crippen LogP contribution in [0.25, 0.3) is 0 Å². The minimum atomic E-state index is -4.60. The lowest BCUT2D eigenvalue weighted by Crippen LogP contribution is -2.35. The molecule has 0 saturated carbocycles. The van der Waals surface area contributed by atoms with Crippen LogP contribution >= 0.6 is 11.6 Å². The first-order valence-electron chi connectivity index (χ1n) is 4.67. The first-order chi connectivity index (χ1) is 8.34. The van der Waals surface area contributed by atoms with Gasteiger partial charge in [-0.05, 0) is 12.1 Å². The van der Waals surface area contributed by atoms with Gasteiger partial charge >= 0.3 is 12.2 Å². The van der Waals surface area contributed by atoms with E-state index in [0.29, 0.717) is 0 Å². The van der Waals surface area contributed by atoms with Crippen molar-refractivity contribution in [2.75, 3.05) is 11.2 Å². The Balaban J connectivity index is 2.85. The van der Waals surface area contributed by atoms with E-state index in [1.165, 1.54) is 12.1 Å². The number of amides is 3. The second-order valence-corrected chi connectivity index (χ2v) is 3.45. The molecule has 0 bridgehead atoms. The van der Waals surface area contributed by atoms with Crippen LogP contribution in [0, 0.1) is 0 Å². The topological polar surface area (TPSA) is 58.2 Å². The summed E-state index contributed by atoms with van der Waals surface area (Å²) in [6, 6.07) is 3.34. The Morgan fingerprint density at radius 2 is 1.83 bits per heavy atom. The Bertz CT molecular complexity index is 463. The predicted octanol–water partition coefficient (Wildman–Crippen LogP) is 2.59. The molecule has 1 aromatic carbocycles. The van der Waals surface area contributed by atoms with Gasteiger partial charge in [-0.2, -0.15) is 13.2 Å². The van der Waals surface area contributed by atoms with E-state index in [9.17, 15) is 22.8 Å². The van der Waals surface area contributed by atoms with E-state index in [0.717, 1.165) is 12.1 Å². The predicted molar refractivity (Wildman–Crippen MR) is 59.3 cm³/mol. The zero-order valence-corrected chi connectivity index (χ0v) is 9.60. The highest BCUT2D eigenvalue weighted by atomic mass is 35.5. The summed E-state index contributed by atoms with van der Waals surface area (Å²) >= 11 is 5.13. The van der Waals surface area contributed by atoms with Gasteiger partial charge in [0.2, 0.25) is 5.91 Å². The van der Waals surface area contributed by atoms with Crippen molar-refractivity contribution in [2.45, 2.75) is 6.18 Å². The van der Waals surface area contributed by atoms with E-state index < -0.39 is 35.2 Å². The number of carbonyl (C=O) groups is 2. The highest BCUT2D eigenvalue weighted by Crippen LogP contribution is 2.34. The SMILES string of the molecule is O=C(CCl)NC(=O)Nc1ccccc1C(F)(F)F. The molecule has 18 heavy (non-hydrogen) atoms. The number of alkyl halides is 4. The van der Waals surface area contributed by atoms with Gasteiger partial charge in [-0.1, -0.05) is 12.1 Å². The van der Waals surface area contributed by atoms with Crippen LogP contribution in [0.3, 0.4) is 0 Å². The van der Waals surface area contributed by atoms with Gasteiger partial charge in [0.05, 0.1) is 11.3 Å². The maximum Gasteiger partial charge on any atom is 0.418 e. The van der Waals surface area contributed by atoms with Crippen LogP contribution in [0.15, 0.2) is 24.3 Å². The van der Waals surface area contributed by atoms with Gasteiger partial charge in [0.1, 0.15) is 5.88 Å². The molecule has 98 valence electrons. The van der Waals surface area contributed by atoms with Crippen molar-refractivity contribution in [3.63, 3.8) is 0 Å². The Kier molecular flexibility index (Phi) is 4.55. The molecular formula is C10H8ClF3N2O2. The fraction of sp³-hybridized carbons (Fsp3) is 0.200. The minimum absolute atomic E-state index is 0.440. The maximum atomic E-state index is 12.6. The molecule has 0 fully saturated rings. The van der Waals surface area contributed by atoms with Crippen molar-refractivity contribution in [3.8, 4) is 0 Å². The average Bonchev–Trinajstić information content (AvgIpc) is 2.27. The van der Waals surface area contributed by atoms with E-state index in [4.69, 9.17) is 11.6 Å². The maximum absolute atomic E-state index is 12.6. The van der Waals surface area contributed by atoms with Crippen LogP contribution < -0.4 is 10.6 Å². The normalized spacial score (nSPS) is 10.9. The lowest BCUT2D eigenvalue weighted by Gasteiger charge is -2.13. The van der Waals surface area contributed by atoms with Crippen LogP contribution in [0.1, 0.15) is 5.56 Å². The largest absolute Gasteiger partial charge is 0.418 e. The number of benzene rings is 1. The number of urea groups is 1. The Morgan fingerprint density at radius 1 is 1.22 bits per heavy atom. The van der Waals surface area contributed by atoms with Gasteiger partial charge in [0, 0.05) is 0 Å². The van der Waals surface area contributed by atoms with Crippen molar-refractivity contribution in [1.82, 2.24) is 5.32 Å². The van der Waals surface area contributed by atoms with Crippen molar-refractivity contribution in [3.05, 3.63) is 29.8 Å². The summed E-state index contributed by atoms with van der Waals surface area (Å²) in [5.74, 6) is -1.27. The number of anilines is 1. The zero-order valence-electron chi connectivity index (χ0n) is 8.84. The van der Waals surface area contributed by atoms with E-state index in [1.807, 2.05) is 5.32 Å². The number of imide groups is 1. The molecule has 0 heterocycles. The molecule has 0 spiro atoms. The fourth-order valence-electron chi connectivity index (χ4n) is 1.15. The highest BCUT2D eigenvalue weighted by molar-refractivity contribution is 6.28. The number of nitrogens with one attached hydrogen (secondary N) is 2. The summed E-state index contributed by atoms with van der Waals surface area (Å²) in [5.41, 5.74) is -1.44. The number of hydrogen-bond acceptors (Lipinski definition) is 2. The molecule has 0 aliphatic heterocycles. The lowest BCUT2D eigenvalue weighted by atomic mass is 10.1.